The first-order chi connectivity index (χ1) is 10.4. The van der Waals surface area contributed by atoms with Gasteiger partial charge in [-0.1, -0.05) is 34.8 Å². The Kier molecular flexibility index (Phi) is 4.03. The second kappa shape index (κ2) is 5.70. The van der Waals surface area contributed by atoms with Gasteiger partial charge in [-0.2, -0.15) is 0 Å². The van der Waals surface area contributed by atoms with Crippen molar-refractivity contribution in [3.8, 4) is 11.5 Å². The summed E-state index contributed by atoms with van der Waals surface area (Å²) >= 11 is 17.6. The zero-order chi connectivity index (χ0) is 15.9. The standard InChI is InChI=1S/C13H8Cl3NO4S/c14-8-4-10(16)13(5-9(8)15)22(18,19)17-7-1-2-11-12(3-7)21-6-20-11/h1-5,17H,6H2. The van der Waals surface area contributed by atoms with E-state index < -0.39 is 10.0 Å². The molecule has 1 N–H and O–H groups in total. The maximum Gasteiger partial charge on any atom is 0.263 e. The smallest absolute Gasteiger partial charge is 0.263 e. The van der Waals surface area contributed by atoms with Gasteiger partial charge in [-0.3, -0.25) is 4.72 Å². The molecule has 22 heavy (non-hydrogen) atoms. The first-order valence-corrected chi connectivity index (χ1v) is 8.55. The first kappa shape index (κ1) is 15.6. The summed E-state index contributed by atoms with van der Waals surface area (Å²) in [5, 5.41) is 0.244. The number of rotatable bonds is 3. The van der Waals surface area contributed by atoms with Gasteiger partial charge in [0.05, 0.1) is 20.8 Å². The number of halogens is 3. The lowest BCUT2D eigenvalue weighted by atomic mass is 10.3. The molecule has 0 fully saturated rings. The van der Waals surface area contributed by atoms with E-state index in [4.69, 9.17) is 44.3 Å². The number of benzene rings is 2. The van der Waals surface area contributed by atoms with Crippen molar-refractivity contribution >= 4 is 50.5 Å². The van der Waals surface area contributed by atoms with E-state index in [0.29, 0.717) is 17.2 Å². The molecule has 9 heteroatoms. The molecule has 2 aromatic carbocycles. The molecule has 0 bridgehead atoms. The Morgan fingerprint density at radius 2 is 1.59 bits per heavy atom. The Balaban J connectivity index is 1.96. The fraction of sp³-hybridized carbons (Fsp3) is 0.0769. The van der Waals surface area contributed by atoms with Gasteiger partial charge in [0, 0.05) is 6.07 Å². The van der Waals surface area contributed by atoms with Gasteiger partial charge in [-0.05, 0) is 24.3 Å². The molecular weight excluding hydrogens is 373 g/mol. The lowest BCUT2D eigenvalue weighted by Gasteiger charge is -2.11. The second-order valence-electron chi connectivity index (χ2n) is 4.37. The fourth-order valence-electron chi connectivity index (χ4n) is 1.88. The molecule has 0 amide bonds. The fourth-order valence-corrected chi connectivity index (χ4v) is 3.93. The summed E-state index contributed by atoms with van der Waals surface area (Å²) in [5.41, 5.74) is 0.311. The zero-order valence-electron chi connectivity index (χ0n) is 10.8. The summed E-state index contributed by atoms with van der Waals surface area (Å²) in [5.74, 6) is 1.01. The molecule has 0 saturated heterocycles. The monoisotopic (exact) mass is 379 g/mol. The van der Waals surface area contributed by atoms with Crippen molar-refractivity contribution in [3.63, 3.8) is 0 Å². The largest absolute Gasteiger partial charge is 0.454 e. The summed E-state index contributed by atoms with van der Waals surface area (Å²) < 4.78 is 37.6. The van der Waals surface area contributed by atoms with Crippen LogP contribution < -0.4 is 14.2 Å². The van der Waals surface area contributed by atoms with Crippen LogP contribution in [-0.4, -0.2) is 15.2 Å². The third-order valence-electron chi connectivity index (χ3n) is 2.89. The van der Waals surface area contributed by atoms with Crippen molar-refractivity contribution in [2.24, 2.45) is 0 Å². The topological polar surface area (TPSA) is 64.6 Å². The van der Waals surface area contributed by atoms with Crippen molar-refractivity contribution < 1.29 is 17.9 Å². The van der Waals surface area contributed by atoms with E-state index in [1.807, 2.05) is 0 Å². The zero-order valence-corrected chi connectivity index (χ0v) is 13.9. The van der Waals surface area contributed by atoms with E-state index in [2.05, 4.69) is 4.72 Å². The van der Waals surface area contributed by atoms with Crippen LogP contribution in [0.1, 0.15) is 0 Å². The van der Waals surface area contributed by atoms with Crippen LogP contribution >= 0.6 is 34.8 Å². The number of fused-ring (bicyclic) bond motifs is 1. The van der Waals surface area contributed by atoms with Crippen molar-refractivity contribution in [1.29, 1.82) is 0 Å². The molecular formula is C13H8Cl3NO4S. The van der Waals surface area contributed by atoms with Gasteiger partial charge in [-0.25, -0.2) is 8.42 Å². The van der Waals surface area contributed by atoms with E-state index >= 15 is 0 Å². The van der Waals surface area contributed by atoms with Crippen LogP contribution in [0.15, 0.2) is 35.2 Å². The molecule has 0 saturated carbocycles. The summed E-state index contributed by atoms with van der Waals surface area (Å²) in [4.78, 5) is -0.166. The van der Waals surface area contributed by atoms with Crippen molar-refractivity contribution in [2.75, 3.05) is 11.5 Å². The van der Waals surface area contributed by atoms with Gasteiger partial charge < -0.3 is 9.47 Å². The predicted octanol–water partition coefficient (Wildman–Crippen LogP) is 4.18. The number of hydrogen-bond acceptors (Lipinski definition) is 4. The number of nitrogens with one attached hydrogen (secondary N) is 1. The van der Waals surface area contributed by atoms with E-state index in [9.17, 15) is 8.42 Å². The normalized spacial score (nSPS) is 13.2. The SMILES string of the molecule is O=S(=O)(Nc1ccc2c(c1)OCO2)c1cc(Cl)c(Cl)cc1Cl. The Labute approximate surface area is 141 Å². The molecule has 0 aliphatic carbocycles. The minimum atomic E-state index is -3.92. The molecule has 1 aliphatic heterocycles. The molecule has 1 aliphatic rings. The van der Waals surface area contributed by atoms with Crippen molar-refractivity contribution in [2.45, 2.75) is 4.90 Å². The maximum absolute atomic E-state index is 12.4. The van der Waals surface area contributed by atoms with E-state index in [1.165, 1.54) is 18.2 Å². The van der Waals surface area contributed by atoms with E-state index in [-0.39, 0.29) is 26.8 Å². The van der Waals surface area contributed by atoms with E-state index in [1.54, 1.807) is 12.1 Å². The van der Waals surface area contributed by atoms with Crippen LogP contribution in [0.5, 0.6) is 11.5 Å². The molecule has 3 rings (SSSR count). The van der Waals surface area contributed by atoms with E-state index in [0.717, 1.165) is 0 Å². The quantitative estimate of drug-likeness (QED) is 0.811. The van der Waals surface area contributed by atoms with Crippen molar-refractivity contribution in [3.05, 3.63) is 45.4 Å². The Hall–Kier alpha value is -1.34. The van der Waals surface area contributed by atoms with Gasteiger partial charge in [0.2, 0.25) is 6.79 Å². The minimum Gasteiger partial charge on any atom is -0.454 e. The Morgan fingerprint density at radius 3 is 2.36 bits per heavy atom. The third-order valence-corrected chi connectivity index (χ3v) is 5.46. The lowest BCUT2D eigenvalue weighted by molar-refractivity contribution is 0.174. The second-order valence-corrected chi connectivity index (χ2v) is 7.24. The molecule has 116 valence electrons. The van der Waals surface area contributed by atoms with Gasteiger partial charge in [0.15, 0.2) is 11.5 Å². The number of ether oxygens (including phenoxy) is 2. The summed E-state index contributed by atoms with van der Waals surface area (Å²) in [6.07, 6.45) is 0. The van der Waals surface area contributed by atoms with Gasteiger partial charge in [0.25, 0.3) is 10.0 Å². The number of hydrogen-bond donors (Lipinski definition) is 1. The van der Waals surface area contributed by atoms with Crippen molar-refractivity contribution in [1.82, 2.24) is 0 Å². The summed E-state index contributed by atoms with van der Waals surface area (Å²) in [7, 11) is -3.92. The molecule has 0 aromatic heterocycles. The highest BCUT2D eigenvalue weighted by Gasteiger charge is 2.21. The van der Waals surface area contributed by atoms with Crippen LogP contribution in [0, 0.1) is 0 Å². The number of anilines is 1. The van der Waals surface area contributed by atoms with Crippen LogP contribution in [-0.2, 0) is 10.0 Å². The average Bonchev–Trinajstić information content (AvgIpc) is 2.89. The molecule has 0 atom stereocenters. The summed E-state index contributed by atoms with van der Waals surface area (Å²) in [6, 6.07) is 7.15. The average molecular weight is 381 g/mol. The predicted molar refractivity (Wildman–Crippen MR) is 84.8 cm³/mol. The van der Waals surface area contributed by atoms with Gasteiger partial charge in [0.1, 0.15) is 4.90 Å². The van der Waals surface area contributed by atoms with Gasteiger partial charge in [-0.15, -0.1) is 0 Å². The van der Waals surface area contributed by atoms with Crippen LogP contribution in [0.4, 0.5) is 5.69 Å². The Bertz CT molecular complexity index is 855. The first-order valence-electron chi connectivity index (χ1n) is 5.94. The highest BCUT2D eigenvalue weighted by molar-refractivity contribution is 7.92. The lowest BCUT2D eigenvalue weighted by Crippen LogP contribution is -2.13. The van der Waals surface area contributed by atoms with Crippen LogP contribution in [0.25, 0.3) is 0 Å². The molecule has 2 aromatic rings. The van der Waals surface area contributed by atoms with Crippen LogP contribution in [0.3, 0.4) is 0 Å². The van der Waals surface area contributed by atoms with Crippen LogP contribution in [0.2, 0.25) is 15.1 Å². The molecule has 0 radical (unpaired) electrons. The Morgan fingerprint density at radius 1 is 0.909 bits per heavy atom. The molecule has 0 unspecified atom stereocenters. The summed E-state index contributed by atoms with van der Waals surface area (Å²) in [6.45, 7) is 0.101. The molecule has 0 spiro atoms. The molecule has 1 heterocycles. The van der Waals surface area contributed by atoms with Gasteiger partial charge >= 0.3 is 0 Å². The third kappa shape index (κ3) is 2.92. The highest BCUT2D eigenvalue weighted by Crippen LogP contribution is 2.36. The number of sulfonamides is 1. The minimum absolute atomic E-state index is 0.0253. The highest BCUT2D eigenvalue weighted by atomic mass is 35.5. The molecule has 5 nitrogen and oxygen atoms in total. The maximum atomic E-state index is 12.4.